The smallest absolute Gasteiger partial charge is 0.411 e. The Labute approximate surface area is 166 Å². The van der Waals surface area contributed by atoms with Gasteiger partial charge >= 0.3 is 6.09 Å². The van der Waals surface area contributed by atoms with E-state index in [0.717, 1.165) is 11.1 Å². The molecule has 1 aliphatic heterocycles. The van der Waals surface area contributed by atoms with Crippen molar-refractivity contribution in [2.45, 2.75) is 50.9 Å². The van der Waals surface area contributed by atoms with Gasteiger partial charge in [-0.3, -0.25) is 0 Å². The summed E-state index contributed by atoms with van der Waals surface area (Å²) in [6, 6.07) is 14.1. The van der Waals surface area contributed by atoms with Gasteiger partial charge in [0.25, 0.3) is 0 Å². The molecule has 0 saturated carbocycles. The summed E-state index contributed by atoms with van der Waals surface area (Å²) in [4.78, 5) is 14.7. The number of rotatable bonds is 6. The summed E-state index contributed by atoms with van der Waals surface area (Å²) in [5.74, 6) is -0.328. The molecule has 1 amide bonds. The fourth-order valence-electron chi connectivity index (χ4n) is 3.77. The molecule has 3 atom stereocenters. The SMILES string of the molecule is Bc1ccc([C@H](C)N2CC[C@](CCC(C)O)(c3ccc(F)cc3)OC2=O)cc1. The lowest BCUT2D eigenvalue weighted by atomic mass is 9.83. The van der Waals surface area contributed by atoms with E-state index in [1.165, 1.54) is 17.6 Å². The molecule has 1 unspecified atom stereocenters. The highest BCUT2D eigenvalue weighted by Crippen LogP contribution is 2.40. The zero-order chi connectivity index (χ0) is 20.3. The Morgan fingerprint density at radius 2 is 1.82 bits per heavy atom. The fourth-order valence-corrected chi connectivity index (χ4v) is 3.77. The van der Waals surface area contributed by atoms with E-state index in [0.29, 0.717) is 25.8 Å². The second kappa shape index (κ2) is 8.35. The minimum absolute atomic E-state index is 0.101. The van der Waals surface area contributed by atoms with Crippen LogP contribution in [0.15, 0.2) is 48.5 Å². The van der Waals surface area contributed by atoms with Gasteiger partial charge in [0.2, 0.25) is 0 Å². The van der Waals surface area contributed by atoms with Gasteiger partial charge in [0, 0.05) is 13.0 Å². The third kappa shape index (κ3) is 4.38. The monoisotopic (exact) mass is 383 g/mol. The number of hydrogen-bond donors (Lipinski definition) is 1. The molecule has 0 bridgehead atoms. The van der Waals surface area contributed by atoms with Crippen molar-refractivity contribution in [2.75, 3.05) is 6.54 Å². The maximum Gasteiger partial charge on any atom is 0.411 e. The van der Waals surface area contributed by atoms with Crippen molar-refractivity contribution in [1.82, 2.24) is 4.90 Å². The number of hydrogen-bond acceptors (Lipinski definition) is 3. The Balaban J connectivity index is 1.82. The number of benzene rings is 2. The van der Waals surface area contributed by atoms with E-state index in [1.807, 2.05) is 39.0 Å². The first kappa shape index (κ1) is 20.4. The van der Waals surface area contributed by atoms with Crippen LogP contribution in [-0.4, -0.2) is 36.6 Å². The van der Waals surface area contributed by atoms with Crippen molar-refractivity contribution in [3.8, 4) is 0 Å². The summed E-state index contributed by atoms with van der Waals surface area (Å²) in [6.07, 6.45) is 0.704. The van der Waals surface area contributed by atoms with Crippen LogP contribution >= 0.6 is 0 Å². The van der Waals surface area contributed by atoms with Gasteiger partial charge in [-0.15, -0.1) is 0 Å². The number of halogens is 1. The molecule has 1 N–H and O–H groups in total. The average molecular weight is 383 g/mol. The Morgan fingerprint density at radius 3 is 2.39 bits per heavy atom. The average Bonchev–Trinajstić information content (AvgIpc) is 2.67. The van der Waals surface area contributed by atoms with Gasteiger partial charge in [-0.2, -0.15) is 0 Å². The van der Waals surface area contributed by atoms with Gasteiger partial charge in [0.1, 0.15) is 19.3 Å². The molecule has 4 nitrogen and oxygen atoms in total. The Morgan fingerprint density at radius 1 is 1.18 bits per heavy atom. The molecule has 1 fully saturated rings. The van der Waals surface area contributed by atoms with Crippen LogP contribution in [0.25, 0.3) is 0 Å². The van der Waals surface area contributed by atoms with Crippen molar-refractivity contribution in [3.63, 3.8) is 0 Å². The van der Waals surface area contributed by atoms with Crippen LogP contribution in [0.5, 0.6) is 0 Å². The number of ether oxygens (including phenoxy) is 1. The predicted molar refractivity (Wildman–Crippen MR) is 110 cm³/mol. The number of carbonyl (C=O) groups excluding carboxylic acids is 1. The normalized spacial score (nSPS) is 21.9. The molecule has 0 aromatic heterocycles. The van der Waals surface area contributed by atoms with Crippen molar-refractivity contribution < 1.29 is 19.0 Å². The number of carbonyl (C=O) groups is 1. The number of cyclic esters (lactones) is 1. The van der Waals surface area contributed by atoms with Crippen LogP contribution in [0.1, 0.15) is 50.3 Å². The second-order valence-electron chi connectivity index (χ2n) is 7.79. The quantitative estimate of drug-likeness (QED) is 0.781. The molecule has 0 aliphatic carbocycles. The van der Waals surface area contributed by atoms with Crippen molar-refractivity contribution >= 4 is 19.4 Å². The van der Waals surface area contributed by atoms with Crippen LogP contribution in [0, 0.1) is 5.82 Å². The van der Waals surface area contributed by atoms with E-state index in [4.69, 9.17) is 4.74 Å². The summed E-state index contributed by atoms with van der Waals surface area (Å²) >= 11 is 0. The zero-order valence-electron chi connectivity index (χ0n) is 16.7. The second-order valence-corrected chi connectivity index (χ2v) is 7.79. The van der Waals surface area contributed by atoms with Crippen LogP contribution in [0.4, 0.5) is 9.18 Å². The van der Waals surface area contributed by atoms with Gasteiger partial charge < -0.3 is 14.7 Å². The molecule has 148 valence electrons. The Kier molecular flexibility index (Phi) is 6.09. The van der Waals surface area contributed by atoms with Crippen LogP contribution < -0.4 is 5.46 Å². The van der Waals surface area contributed by atoms with Crippen molar-refractivity contribution in [2.24, 2.45) is 0 Å². The highest BCUT2D eigenvalue weighted by atomic mass is 19.1. The van der Waals surface area contributed by atoms with Crippen LogP contribution in [0.3, 0.4) is 0 Å². The number of amides is 1. The number of nitrogens with zero attached hydrogens (tertiary/aromatic N) is 1. The highest BCUT2D eigenvalue weighted by molar-refractivity contribution is 6.32. The predicted octanol–water partition coefficient (Wildman–Crippen LogP) is 3.04. The molecule has 1 saturated heterocycles. The molecule has 6 heteroatoms. The molecule has 1 aliphatic rings. The first-order valence-corrected chi connectivity index (χ1v) is 9.81. The maximum atomic E-state index is 13.4. The molecule has 1 heterocycles. The van der Waals surface area contributed by atoms with Crippen molar-refractivity contribution in [1.29, 1.82) is 0 Å². The van der Waals surface area contributed by atoms with Crippen LogP contribution in [0.2, 0.25) is 0 Å². The molecule has 0 spiro atoms. The molecular weight excluding hydrogens is 356 g/mol. The highest BCUT2D eigenvalue weighted by Gasteiger charge is 2.43. The van der Waals surface area contributed by atoms with Gasteiger partial charge in [0.15, 0.2) is 0 Å². The van der Waals surface area contributed by atoms with E-state index in [1.54, 1.807) is 24.0 Å². The van der Waals surface area contributed by atoms with Gasteiger partial charge in [-0.1, -0.05) is 41.9 Å². The molecular formula is C22H27BFNO3. The molecule has 28 heavy (non-hydrogen) atoms. The zero-order valence-corrected chi connectivity index (χ0v) is 16.7. The fraction of sp³-hybridized carbons (Fsp3) is 0.409. The molecule has 0 radical (unpaired) electrons. The minimum atomic E-state index is -0.842. The van der Waals surface area contributed by atoms with Gasteiger partial charge in [-0.25, -0.2) is 9.18 Å². The van der Waals surface area contributed by atoms with Gasteiger partial charge in [0.05, 0.1) is 12.1 Å². The molecule has 2 aromatic carbocycles. The lowest BCUT2D eigenvalue weighted by Gasteiger charge is -2.44. The first-order valence-electron chi connectivity index (χ1n) is 9.81. The third-order valence-corrected chi connectivity index (χ3v) is 5.64. The summed E-state index contributed by atoms with van der Waals surface area (Å²) in [5.41, 5.74) is 2.16. The largest absolute Gasteiger partial charge is 0.438 e. The first-order chi connectivity index (χ1) is 13.3. The Hall–Kier alpha value is -2.34. The van der Waals surface area contributed by atoms with Gasteiger partial charge in [-0.05, 0) is 49.9 Å². The molecule has 3 rings (SSSR count). The molecule has 2 aromatic rings. The van der Waals surface area contributed by atoms with E-state index >= 15 is 0 Å². The van der Waals surface area contributed by atoms with Crippen molar-refractivity contribution in [3.05, 3.63) is 65.5 Å². The van der Waals surface area contributed by atoms with E-state index < -0.39 is 11.7 Å². The minimum Gasteiger partial charge on any atom is -0.438 e. The van der Waals surface area contributed by atoms with E-state index in [-0.39, 0.29) is 18.0 Å². The van der Waals surface area contributed by atoms with E-state index in [9.17, 15) is 14.3 Å². The number of aliphatic hydroxyl groups excluding tert-OH is 1. The summed E-state index contributed by atoms with van der Waals surface area (Å²) in [7, 11) is 2.03. The van der Waals surface area contributed by atoms with Crippen LogP contribution in [-0.2, 0) is 10.3 Å². The maximum absolute atomic E-state index is 13.4. The number of aliphatic hydroxyl groups is 1. The summed E-state index contributed by atoms with van der Waals surface area (Å²) in [6.45, 7) is 4.24. The summed E-state index contributed by atoms with van der Waals surface area (Å²) < 4.78 is 19.4. The lowest BCUT2D eigenvalue weighted by molar-refractivity contribution is -0.0705. The topological polar surface area (TPSA) is 49.8 Å². The lowest BCUT2D eigenvalue weighted by Crippen LogP contribution is -2.49. The Bertz CT molecular complexity index is 810. The third-order valence-electron chi connectivity index (χ3n) is 5.64. The standard InChI is InChI=1S/C22H27BFNO3/c1-15(26)11-12-22(18-5-9-20(24)10-6-18)13-14-25(21(27)28-22)16(2)17-3-7-19(23)8-4-17/h3-10,15-16,26H,11-14,23H2,1-2H3/t15?,16-,22+/m0/s1. The van der Waals surface area contributed by atoms with E-state index in [2.05, 4.69) is 0 Å². The summed E-state index contributed by atoms with van der Waals surface area (Å²) in [5, 5.41) is 9.75.